The molecule has 2 heterocycles. The van der Waals surface area contributed by atoms with Gasteiger partial charge < -0.3 is 9.13 Å². The molecule has 0 N–H and O–H groups in total. The Hall–Kier alpha value is -7.39. The lowest BCUT2D eigenvalue weighted by Gasteiger charge is -2.18. The van der Waals surface area contributed by atoms with E-state index in [9.17, 15) is 15.8 Å². The SMILES string of the molecule is N#Cc1ccc(-n2c3ccccc3c3c(C#N)cccc32)c(-c2ccccc2-c2ccc(-n3c4ccccc4c4cc(C#N)ccc43)cc2)c1. The summed E-state index contributed by atoms with van der Waals surface area (Å²) in [6.45, 7) is 0. The molecule has 0 atom stereocenters. The van der Waals surface area contributed by atoms with Crippen LogP contribution in [0.2, 0.25) is 0 Å². The molecule has 0 aliphatic carbocycles. The maximum absolute atomic E-state index is 10.0. The Morgan fingerprint density at radius 1 is 0.400 bits per heavy atom. The van der Waals surface area contributed by atoms with E-state index in [-0.39, 0.29) is 0 Å². The van der Waals surface area contributed by atoms with Gasteiger partial charge in [-0.2, -0.15) is 15.8 Å². The monoisotopic (exact) mass is 635 g/mol. The van der Waals surface area contributed by atoms with Crippen molar-refractivity contribution in [3.8, 4) is 51.8 Å². The van der Waals surface area contributed by atoms with Gasteiger partial charge in [-0.05, 0) is 89.5 Å². The van der Waals surface area contributed by atoms with E-state index in [1.54, 1.807) is 0 Å². The van der Waals surface area contributed by atoms with E-state index in [1.807, 2.05) is 84.9 Å². The molecule has 0 saturated heterocycles. The molecule has 50 heavy (non-hydrogen) atoms. The lowest BCUT2D eigenvalue weighted by Crippen LogP contribution is -1.99. The normalized spacial score (nSPS) is 11.1. The second-order valence-electron chi connectivity index (χ2n) is 12.3. The third-order valence-corrected chi connectivity index (χ3v) is 9.64. The lowest BCUT2D eigenvalue weighted by atomic mass is 9.92. The van der Waals surface area contributed by atoms with Crippen LogP contribution in [0.15, 0.2) is 152 Å². The Balaban J connectivity index is 1.23. The van der Waals surface area contributed by atoms with Crippen LogP contribution in [0.4, 0.5) is 0 Å². The number of para-hydroxylation sites is 2. The molecule has 5 nitrogen and oxygen atoms in total. The molecule has 2 aromatic heterocycles. The van der Waals surface area contributed by atoms with Gasteiger partial charge in [-0.1, -0.05) is 78.9 Å². The predicted octanol–water partition coefficient (Wildman–Crippen LogP) is 10.8. The van der Waals surface area contributed by atoms with Crippen LogP contribution in [0.5, 0.6) is 0 Å². The summed E-state index contributed by atoms with van der Waals surface area (Å²) in [6, 6.07) is 57.9. The third kappa shape index (κ3) is 4.31. The minimum atomic E-state index is 0.568. The van der Waals surface area contributed by atoms with Crippen molar-refractivity contribution in [3.63, 3.8) is 0 Å². The number of nitrogens with zero attached hydrogens (tertiary/aromatic N) is 5. The van der Waals surface area contributed by atoms with Crippen molar-refractivity contribution < 1.29 is 0 Å². The van der Waals surface area contributed by atoms with Crippen LogP contribution < -0.4 is 0 Å². The lowest BCUT2D eigenvalue weighted by molar-refractivity contribution is 1.18. The highest BCUT2D eigenvalue weighted by molar-refractivity contribution is 6.12. The molecule has 0 fully saturated rings. The molecule has 7 aromatic carbocycles. The van der Waals surface area contributed by atoms with Crippen molar-refractivity contribution in [2.45, 2.75) is 0 Å². The van der Waals surface area contributed by atoms with Crippen molar-refractivity contribution in [3.05, 3.63) is 168 Å². The van der Waals surface area contributed by atoms with Gasteiger partial charge in [0.2, 0.25) is 0 Å². The highest BCUT2D eigenvalue weighted by Gasteiger charge is 2.20. The topological polar surface area (TPSA) is 81.2 Å². The Morgan fingerprint density at radius 3 is 1.78 bits per heavy atom. The Kier molecular flexibility index (Phi) is 6.56. The zero-order chi connectivity index (χ0) is 33.8. The number of benzene rings is 7. The zero-order valence-electron chi connectivity index (χ0n) is 26.7. The van der Waals surface area contributed by atoms with Gasteiger partial charge in [0.25, 0.3) is 0 Å². The van der Waals surface area contributed by atoms with Gasteiger partial charge in [-0.25, -0.2) is 0 Å². The van der Waals surface area contributed by atoms with Crippen LogP contribution in [0.1, 0.15) is 16.7 Å². The van der Waals surface area contributed by atoms with Gasteiger partial charge >= 0.3 is 0 Å². The van der Waals surface area contributed by atoms with Crippen LogP contribution in [0, 0.1) is 34.0 Å². The molecule has 0 aliphatic heterocycles. The molecule has 5 heteroatoms. The van der Waals surface area contributed by atoms with Crippen molar-refractivity contribution >= 4 is 43.6 Å². The minimum absolute atomic E-state index is 0.568. The Morgan fingerprint density at radius 2 is 1.02 bits per heavy atom. The molecular formula is C45H25N5. The average Bonchev–Trinajstić information content (AvgIpc) is 3.70. The van der Waals surface area contributed by atoms with Gasteiger partial charge in [0.05, 0.1) is 62.7 Å². The zero-order valence-corrected chi connectivity index (χ0v) is 26.7. The van der Waals surface area contributed by atoms with E-state index >= 15 is 0 Å². The van der Waals surface area contributed by atoms with Crippen molar-refractivity contribution in [2.24, 2.45) is 0 Å². The first-order valence-corrected chi connectivity index (χ1v) is 16.3. The van der Waals surface area contributed by atoms with Crippen molar-refractivity contribution in [1.29, 1.82) is 15.8 Å². The third-order valence-electron chi connectivity index (χ3n) is 9.64. The first-order chi connectivity index (χ1) is 24.7. The van der Waals surface area contributed by atoms with Gasteiger partial charge in [0.15, 0.2) is 0 Å². The van der Waals surface area contributed by atoms with Crippen LogP contribution in [-0.2, 0) is 0 Å². The highest BCUT2D eigenvalue weighted by atomic mass is 15.0. The molecule has 0 radical (unpaired) electrons. The number of rotatable bonds is 4. The first-order valence-electron chi connectivity index (χ1n) is 16.3. The molecule has 230 valence electrons. The fourth-order valence-electron chi connectivity index (χ4n) is 7.47. The number of aromatic nitrogens is 2. The second-order valence-corrected chi connectivity index (χ2v) is 12.3. The largest absolute Gasteiger partial charge is 0.309 e. The predicted molar refractivity (Wildman–Crippen MR) is 200 cm³/mol. The number of hydrogen-bond acceptors (Lipinski definition) is 3. The average molecular weight is 636 g/mol. The molecule has 9 aromatic rings. The van der Waals surface area contributed by atoms with E-state index in [0.717, 1.165) is 77.2 Å². The summed E-state index contributed by atoms with van der Waals surface area (Å²) in [4.78, 5) is 0. The van der Waals surface area contributed by atoms with Gasteiger partial charge in [0.1, 0.15) is 0 Å². The number of nitriles is 3. The van der Waals surface area contributed by atoms with Crippen LogP contribution >= 0.6 is 0 Å². The van der Waals surface area contributed by atoms with E-state index in [0.29, 0.717) is 16.7 Å². The molecule has 0 spiro atoms. The first kappa shape index (κ1) is 28.8. The van der Waals surface area contributed by atoms with Crippen LogP contribution in [0.25, 0.3) is 77.2 Å². The smallest absolute Gasteiger partial charge is 0.0998 e. The molecule has 0 bridgehead atoms. The molecule has 9 rings (SSSR count). The molecule has 0 aliphatic rings. The summed E-state index contributed by atoms with van der Waals surface area (Å²) in [5.41, 5.74) is 11.8. The minimum Gasteiger partial charge on any atom is -0.309 e. The fraction of sp³-hybridized carbons (Fsp3) is 0. The maximum Gasteiger partial charge on any atom is 0.0998 e. The summed E-state index contributed by atoms with van der Waals surface area (Å²) in [5.74, 6) is 0. The summed E-state index contributed by atoms with van der Waals surface area (Å²) in [6.07, 6.45) is 0. The van der Waals surface area contributed by atoms with E-state index in [1.165, 1.54) is 0 Å². The summed E-state index contributed by atoms with van der Waals surface area (Å²) < 4.78 is 4.45. The van der Waals surface area contributed by atoms with Crippen molar-refractivity contribution in [2.75, 3.05) is 0 Å². The quantitative estimate of drug-likeness (QED) is 0.193. The van der Waals surface area contributed by atoms with Gasteiger partial charge in [0, 0.05) is 32.8 Å². The van der Waals surface area contributed by atoms with E-state index in [4.69, 9.17) is 0 Å². The second kappa shape index (κ2) is 11.4. The molecular weight excluding hydrogens is 611 g/mol. The van der Waals surface area contributed by atoms with E-state index < -0.39 is 0 Å². The highest BCUT2D eigenvalue weighted by Crippen LogP contribution is 2.41. The van der Waals surface area contributed by atoms with Gasteiger partial charge in [-0.3, -0.25) is 0 Å². The maximum atomic E-state index is 10.0. The Labute approximate surface area is 287 Å². The van der Waals surface area contributed by atoms with Crippen LogP contribution in [-0.4, -0.2) is 9.13 Å². The van der Waals surface area contributed by atoms with Crippen LogP contribution in [0.3, 0.4) is 0 Å². The fourth-order valence-corrected chi connectivity index (χ4v) is 7.47. The number of hydrogen-bond donors (Lipinski definition) is 0. The summed E-state index contributed by atoms with van der Waals surface area (Å²) in [5, 5.41) is 33.7. The standard InChI is InChI=1S/C45H25N5/c46-26-29-17-23-43(50-41-14-6-4-12-37(41)45-32(28-48)8-7-15-44(45)50)38(24-29)35-10-2-1-9-34(35)31-18-20-33(21-19-31)49-40-13-5-3-11-36(40)39-25-30(27-47)16-22-42(39)49/h1-25H. The molecule has 0 saturated carbocycles. The summed E-state index contributed by atoms with van der Waals surface area (Å²) >= 11 is 0. The van der Waals surface area contributed by atoms with Crippen molar-refractivity contribution in [1.82, 2.24) is 9.13 Å². The summed E-state index contributed by atoms with van der Waals surface area (Å²) in [7, 11) is 0. The van der Waals surface area contributed by atoms with E-state index in [2.05, 4.69) is 94.1 Å². The Bertz CT molecular complexity index is 2960. The molecule has 0 unspecified atom stereocenters. The number of fused-ring (bicyclic) bond motifs is 6. The van der Waals surface area contributed by atoms with Gasteiger partial charge in [-0.15, -0.1) is 0 Å². The molecule has 0 amide bonds.